The number of rotatable bonds is 10. The second kappa shape index (κ2) is 11.3. The van der Waals surface area contributed by atoms with Gasteiger partial charge in [-0.05, 0) is 37.9 Å². The lowest BCUT2D eigenvalue weighted by Gasteiger charge is -2.36. The van der Waals surface area contributed by atoms with Crippen molar-refractivity contribution in [2.45, 2.75) is 19.8 Å². The molecule has 2 aromatic rings. The van der Waals surface area contributed by atoms with Crippen molar-refractivity contribution in [1.82, 2.24) is 4.90 Å². The molecule has 2 aromatic carbocycles. The summed E-state index contributed by atoms with van der Waals surface area (Å²) in [5.74, 6) is 2.49. The maximum absolute atomic E-state index is 6.49. The van der Waals surface area contributed by atoms with Crippen molar-refractivity contribution in [3.8, 4) is 23.0 Å². The average Bonchev–Trinajstić information content (AvgIpc) is 2.80. The predicted octanol–water partition coefficient (Wildman–Crippen LogP) is 4.66. The van der Waals surface area contributed by atoms with Crippen molar-refractivity contribution in [1.29, 1.82) is 0 Å². The quantitative estimate of drug-likeness (QED) is 0.493. The van der Waals surface area contributed by atoms with E-state index in [-0.39, 0.29) is 0 Å². The summed E-state index contributed by atoms with van der Waals surface area (Å²) in [6.07, 6.45) is 2.08. The van der Waals surface area contributed by atoms with Crippen LogP contribution in [-0.4, -0.2) is 65.6 Å². The number of piperazine rings is 1. The first-order valence-corrected chi connectivity index (χ1v) is 11.1. The van der Waals surface area contributed by atoms with Gasteiger partial charge >= 0.3 is 0 Å². The van der Waals surface area contributed by atoms with E-state index in [9.17, 15) is 0 Å². The number of halogens is 1. The third kappa shape index (κ3) is 5.89. The lowest BCUT2D eigenvalue weighted by molar-refractivity contribution is 0.238. The molecule has 1 heterocycles. The molecule has 1 saturated heterocycles. The smallest absolute Gasteiger partial charge is 0.203 e. The summed E-state index contributed by atoms with van der Waals surface area (Å²) in [5.41, 5.74) is 2.29. The number of aryl methyl sites for hydroxylation is 1. The second-order valence-electron chi connectivity index (χ2n) is 7.65. The average molecular weight is 449 g/mol. The van der Waals surface area contributed by atoms with Gasteiger partial charge in [0, 0.05) is 38.3 Å². The Bertz CT molecular complexity index is 828. The largest absolute Gasteiger partial charge is 0.493 e. The number of ether oxygens (including phenoxy) is 4. The highest BCUT2D eigenvalue weighted by atomic mass is 35.5. The van der Waals surface area contributed by atoms with Gasteiger partial charge in [0.2, 0.25) is 5.75 Å². The maximum Gasteiger partial charge on any atom is 0.203 e. The van der Waals surface area contributed by atoms with Gasteiger partial charge in [-0.1, -0.05) is 23.7 Å². The summed E-state index contributed by atoms with van der Waals surface area (Å²) < 4.78 is 22.0. The first-order chi connectivity index (χ1) is 15.1. The topological polar surface area (TPSA) is 43.4 Å². The minimum absolute atomic E-state index is 0.573. The zero-order chi connectivity index (χ0) is 22.2. The van der Waals surface area contributed by atoms with Gasteiger partial charge in [-0.25, -0.2) is 0 Å². The van der Waals surface area contributed by atoms with Crippen LogP contribution in [0.2, 0.25) is 5.02 Å². The van der Waals surface area contributed by atoms with Gasteiger partial charge in [0.15, 0.2) is 11.5 Å². The highest BCUT2D eigenvalue weighted by Gasteiger charge is 2.19. The van der Waals surface area contributed by atoms with E-state index >= 15 is 0 Å². The molecule has 3 rings (SSSR count). The molecule has 0 spiro atoms. The highest BCUT2D eigenvalue weighted by molar-refractivity contribution is 6.34. The molecule has 1 fully saturated rings. The van der Waals surface area contributed by atoms with Gasteiger partial charge in [-0.2, -0.15) is 0 Å². The minimum Gasteiger partial charge on any atom is -0.493 e. The Hall–Kier alpha value is -2.31. The van der Waals surface area contributed by atoms with Crippen molar-refractivity contribution in [3.63, 3.8) is 0 Å². The van der Waals surface area contributed by atoms with Crippen LogP contribution in [0.3, 0.4) is 0 Å². The normalized spacial score (nSPS) is 14.4. The zero-order valence-corrected chi connectivity index (χ0v) is 19.7. The van der Waals surface area contributed by atoms with Gasteiger partial charge in [0.25, 0.3) is 0 Å². The van der Waals surface area contributed by atoms with Crippen LogP contribution >= 0.6 is 11.6 Å². The van der Waals surface area contributed by atoms with Gasteiger partial charge in [0.05, 0.1) is 38.6 Å². The first kappa shape index (κ1) is 23.4. The van der Waals surface area contributed by atoms with Gasteiger partial charge in [-0.3, -0.25) is 4.90 Å². The van der Waals surface area contributed by atoms with Crippen LogP contribution in [0, 0.1) is 6.92 Å². The van der Waals surface area contributed by atoms with E-state index in [1.807, 2.05) is 12.1 Å². The van der Waals surface area contributed by atoms with E-state index in [0.717, 1.165) is 67.6 Å². The van der Waals surface area contributed by atoms with Crippen LogP contribution in [0.1, 0.15) is 18.4 Å². The molecule has 31 heavy (non-hydrogen) atoms. The van der Waals surface area contributed by atoms with E-state index < -0.39 is 0 Å². The molecule has 0 aromatic heterocycles. The molecule has 170 valence electrons. The Morgan fingerprint density at radius 1 is 0.903 bits per heavy atom. The van der Waals surface area contributed by atoms with Crippen molar-refractivity contribution >= 4 is 17.3 Å². The standard InChI is InChI=1S/C24H33ClN2O4/c1-18-8-7-9-20(23(18)25)27-13-11-26(12-14-27)10-5-6-15-31-19-16-21(28-2)24(30-4)22(17-19)29-3/h7-9,16-17H,5-6,10-15H2,1-4H3. The molecule has 0 bridgehead atoms. The predicted molar refractivity (Wildman–Crippen MR) is 126 cm³/mol. The van der Waals surface area contributed by atoms with Crippen molar-refractivity contribution in [2.24, 2.45) is 0 Å². The van der Waals surface area contributed by atoms with Gasteiger partial charge in [0.1, 0.15) is 5.75 Å². The molecule has 1 aliphatic heterocycles. The zero-order valence-electron chi connectivity index (χ0n) is 18.9. The van der Waals surface area contributed by atoms with E-state index in [1.54, 1.807) is 21.3 Å². The van der Waals surface area contributed by atoms with Crippen LogP contribution in [0.25, 0.3) is 0 Å². The Morgan fingerprint density at radius 3 is 2.19 bits per heavy atom. The van der Waals surface area contributed by atoms with E-state index in [1.165, 1.54) is 0 Å². The number of hydrogen-bond donors (Lipinski definition) is 0. The molecule has 0 N–H and O–H groups in total. The fourth-order valence-corrected chi connectivity index (χ4v) is 4.10. The summed E-state index contributed by atoms with van der Waals surface area (Å²) in [6.45, 7) is 7.90. The van der Waals surface area contributed by atoms with Crippen LogP contribution in [0.4, 0.5) is 5.69 Å². The number of anilines is 1. The molecule has 6 nitrogen and oxygen atoms in total. The molecule has 0 aliphatic carbocycles. The van der Waals surface area contributed by atoms with Crippen LogP contribution in [0.5, 0.6) is 23.0 Å². The van der Waals surface area contributed by atoms with E-state index in [0.29, 0.717) is 23.9 Å². The summed E-state index contributed by atoms with van der Waals surface area (Å²) in [6, 6.07) is 9.92. The van der Waals surface area contributed by atoms with Crippen LogP contribution < -0.4 is 23.8 Å². The number of unbranched alkanes of at least 4 members (excludes halogenated alkanes) is 1. The van der Waals surface area contributed by atoms with Gasteiger partial charge < -0.3 is 23.8 Å². The SMILES string of the molecule is COc1cc(OCCCCN2CCN(c3cccc(C)c3Cl)CC2)cc(OC)c1OC. The maximum atomic E-state index is 6.49. The molecule has 7 heteroatoms. The van der Waals surface area contributed by atoms with Crippen molar-refractivity contribution < 1.29 is 18.9 Å². The lowest BCUT2D eigenvalue weighted by Crippen LogP contribution is -2.46. The Labute approximate surface area is 190 Å². The fourth-order valence-electron chi connectivity index (χ4n) is 3.86. The Morgan fingerprint density at radius 2 is 1.58 bits per heavy atom. The summed E-state index contributed by atoms with van der Waals surface area (Å²) >= 11 is 6.49. The van der Waals surface area contributed by atoms with Crippen molar-refractivity contribution in [2.75, 3.05) is 65.6 Å². The third-order valence-electron chi connectivity index (χ3n) is 5.66. The molecule has 0 radical (unpaired) electrons. The molecule has 0 amide bonds. The minimum atomic E-state index is 0.573. The monoisotopic (exact) mass is 448 g/mol. The third-order valence-corrected chi connectivity index (χ3v) is 6.15. The lowest BCUT2D eigenvalue weighted by atomic mass is 10.2. The summed E-state index contributed by atoms with van der Waals surface area (Å²) in [4.78, 5) is 4.90. The molecule has 0 saturated carbocycles. The van der Waals surface area contributed by atoms with Crippen LogP contribution in [0.15, 0.2) is 30.3 Å². The second-order valence-corrected chi connectivity index (χ2v) is 8.03. The molecule has 1 aliphatic rings. The number of benzene rings is 2. The van der Waals surface area contributed by atoms with Gasteiger partial charge in [-0.15, -0.1) is 0 Å². The first-order valence-electron chi connectivity index (χ1n) is 10.7. The fraction of sp³-hybridized carbons (Fsp3) is 0.500. The molecular weight excluding hydrogens is 416 g/mol. The highest BCUT2D eigenvalue weighted by Crippen LogP contribution is 2.40. The van der Waals surface area contributed by atoms with Crippen molar-refractivity contribution in [3.05, 3.63) is 40.9 Å². The summed E-state index contributed by atoms with van der Waals surface area (Å²) in [5, 5.41) is 0.875. The summed E-state index contributed by atoms with van der Waals surface area (Å²) in [7, 11) is 4.80. The molecule has 0 unspecified atom stereocenters. The Kier molecular flexibility index (Phi) is 8.55. The number of nitrogens with zero attached hydrogens (tertiary/aromatic N) is 2. The van der Waals surface area contributed by atoms with E-state index in [2.05, 4.69) is 34.9 Å². The van der Waals surface area contributed by atoms with E-state index in [4.69, 9.17) is 30.5 Å². The van der Waals surface area contributed by atoms with Crippen LogP contribution in [-0.2, 0) is 0 Å². The molecular formula is C24H33ClN2O4. The number of hydrogen-bond acceptors (Lipinski definition) is 6. The molecule has 0 atom stereocenters. The Balaban J connectivity index is 1.40. The number of methoxy groups -OCH3 is 3.